The number of ketones is 1. The van der Waals surface area contributed by atoms with Crippen LogP contribution in [0.1, 0.15) is 64.2 Å². The quantitative estimate of drug-likeness (QED) is 0.625. The van der Waals surface area contributed by atoms with Crippen LogP contribution < -0.4 is 0 Å². The van der Waals surface area contributed by atoms with Crippen LogP contribution in [0.3, 0.4) is 0 Å². The number of rotatable bonds is 0. The van der Waals surface area contributed by atoms with Crippen molar-refractivity contribution >= 4 is 5.78 Å². The summed E-state index contributed by atoms with van der Waals surface area (Å²) in [5.74, 6) is 1.03. The van der Waals surface area contributed by atoms with Crippen LogP contribution in [-0.4, -0.2) is 17.0 Å². The van der Waals surface area contributed by atoms with Crippen LogP contribution in [0.15, 0.2) is 22.8 Å². The zero-order valence-corrected chi connectivity index (χ0v) is 12.0. The number of hydrogen-bond acceptors (Lipinski definition) is 2. The van der Waals surface area contributed by atoms with E-state index in [1.54, 1.807) is 0 Å². The summed E-state index contributed by atoms with van der Waals surface area (Å²) >= 11 is 0. The molecule has 3 aliphatic carbocycles. The molecule has 2 heterocycles. The fourth-order valence-corrected chi connectivity index (χ4v) is 5.74. The van der Waals surface area contributed by atoms with Gasteiger partial charge in [0.1, 0.15) is 5.60 Å². The van der Waals surface area contributed by atoms with Gasteiger partial charge in [-0.3, -0.25) is 4.79 Å². The van der Waals surface area contributed by atoms with Gasteiger partial charge in [-0.2, -0.15) is 0 Å². The maximum atomic E-state index is 12.6. The van der Waals surface area contributed by atoms with Crippen molar-refractivity contribution in [3.63, 3.8) is 0 Å². The normalized spacial score (nSPS) is 45.9. The van der Waals surface area contributed by atoms with Crippen molar-refractivity contribution in [2.24, 2.45) is 5.92 Å². The van der Waals surface area contributed by atoms with E-state index in [1.807, 2.05) is 0 Å². The Hall–Kier alpha value is -0.890. The lowest BCUT2D eigenvalue weighted by Gasteiger charge is -2.39. The van der Waals surface area contributed by atoms with Crippen molar-refractivity contribution in [2.75, 3.05) is 0 Å². The molecule has 2 aliphatic heterocycles. The highest BCUT2D eigenvalue weighted by Gasteiger charge is 2.60. The predicted molar refractivity (Wildman–Crippen MR) is 76.3 cm³/mol. The van der Waals surface area contributed by atoms with Gasteiger partial charge in [0, 0.05) is 12.0 Å². The first-order valence-electron chi connectivity index (χ1n) is 8.42. The molecule has 5 rings (SSSR count). The van der Waals surface area contributed by atoms with Crippen LogP contribution >= 0.6 is 0 Å². The third-order valence-electron chi connectivity index (χ3n) is 6.52. The second kappa shape index (κ2) is 3.65. The predicted octanol–water partition coefficient (Wildman–Crippen LogP) is 3.86. The minimum atomic E-state index is -0.278. The Balaban J connectivity index is 1.75. The lowest BCUT2D eigenvalue weighted by Crippen LogP contribution is -2.42. The Morgan fingerprint density at radius 3 is 3.00 bits per heavy atom. The van der Waals surface area contributed by atoms with Gasteiger partial charge in [-0.15, -0.1) is 0 Å². The monoisotopic (exact) mass is 270 g/mol. The van der Waals surface area contributed by atoms with Gasteiger partial charge in [0.25, 0.3) is 0 Å². The third kappa shape index (κ3) is 1.23. The van der Waals surface area contributed by atoms with Gasteiger partial charge >= 0.3 is 0 Å². The maximum Gasteiger partial charge on any atom is 0.162 e. The van der Waals surface area contributed by atoms with Gasteiger partial charge < -0.3 is 4.74 Å². The molecule has 106 valence electrons. The lowest BCUT2D eigenvalue weighted by molar-refractivity contribution is -0.123. The Labute approximate surface area is 120 Å². The molecule has 0 N–H and O–H groups in total. The number of hydrogen-bond donors (Lipinski definition) is 0. The molecule has 3 atom stereocenters. The van der Waals surface area contributed by atoms with E-state index in [-0.39, 0.29) is 11.2 Å². The fourth-order valence-electron chi connectivity index (χ4n) is 5.74. The number of carbonyl (C=O) groups excluding carboxylic acids is 1. The minimum absolute atomic E-state index is 0.00963. The Morgan fingerprint density at radius 2 is 2.05 bits per heavy atom. The van der Waals surface area contributed by atoms with E-state index < -0.39 is 0 Å². The second-order valence-corrected chi connectivity index (χ2v) is 7.46. The second-order valence-electron chi connectivity index (χ2n) is 7.46. The molecule has 2 saturated carbocycles. The van der Waals surface area contributed by atoms with E-state index in [9.17, 15) is 4.79 Å². The van der Waals surface area contributed by atoms with E-state index in [0.717, 1.165) is 37.7 Å². The van der Waals surface area contributed by atoms with Crippen LogP contribution in [0.4, 0.5) is 0 Å². The van der Waals surface area contributed by atoms with Crippen molar-refractivity contribution in [3.8, 4) is 0 Å². The summed E-state index contributed by atoms with van der Waals surface area (Å²) in [6, 6.07) is 0. The average molecular weight is 270 g/mol. The molecular formula is C18H22O2. The van der Waals surface area contributed by atoms with Crippen LogP contribution in [0.25, 0.3) is 0 Å². The molecule has 0 radical (unpaired) electrons. The van der Waals surface area contributed by atoms with Crippen molar-refractivity contribution in [3.05, 3.63) is 22.8 Å². The Morgan fingerprint density at radius 1 is 1.10 bits per heavy atom. The van der Waals surface area contributed by atoms with Gasteiger partial charge in [-0.25, -0.2) is 0 Å². The molecule has 0 amide bonds. The summed E-state index contributed by atoms with van der Waals surface area (Å²) in [4.78, 5) is 12.6. The molecular weight excluding hydrogens is 248 g/mol. The summed E-state index contributed by atoms with van der Waals surface area (Å²) in [7, 11) is 0. The van der Waals surface area contributed by atoms with Crippen LogP contribution in [0.5, 0.6) is 0 Å². The SMILES string of the molecule is O=C1CCC2=C1[C@@]13CCCCC1=C[C@]1(CCC[C@H]1C2)O3. The highest BCUT2D eigenvalue weighted by atomic mass is 16.5. The highest BCUT2D eigenvalue weighted by Crippen LogP contribution is 2.61. The molecule has 2 bridgehead atoms. The van der Waals surface area contributed by atoms with Gasteiger partial charge in [0.2, 0.25) is 0 Å². The molecule has 0 aromatic carbocycles. The highest BCUT2D eigenvalue weighted by molar-refractivity contribution is 6.01. The molecule has 20 heavy (non-hydrogen) atoms. The van der Waals surface area contributed by atoms with E-state index >= 15 is 0 Å². The minimum Gasteiger partial charge on any atom is -0.355 e. The standard InChI is InChI=1S/C18H22O2/c19-15-7-6-12-10-13-5-3-8-17(13)11-14-4-1-2-9-18(14,20-17)16(12)15/h11,13H,1-10H2/t13-,17-,18+/m0/s1. The summed E-state index contributed by atoms with van der Waals surface area (Å²) in [6.07, 6.45) is 13.8. The molecule has 2 heteroatoms. The Kier molecular flexibility index (Phi) is 2.14. The van der Waals surface area contributed by atoms with E-state index in [2.05, 4.69) is 6.08 Å². The zero-order chi connectivity index (χ0) is 13.4. The first-order chi connectivity index (χ1) is 9.74. The van der Waals surface area contributed by atoms with E-state index in [1.165, 1.54) is 43.3 Å². The average Bonchev–Trinajstić information content (AvgIpc) is 3.06. The maximum absolute atomic E-state index is 12.6. The summed E-state index contributed by atoms with van der Waals surface area (Å²) in [5.41, 5.74) is 3.77. The molecule has 2 spiro atoms. The molecule has 2 nitrogen and oxygen atoms in total. The smallest absolute Gasteiger partial charge is 0.162 e. The first kappa shape index (κ1) is 11.7. The van der Waals surface area contributed by atoms with Crippen molar-refractivity contribution in [1.29, 1.82) is 0 Å². The zero-order valence-electron chi connectivity index (χ0n) is 12.0. The van der Waals surface area contributed by atoms with Crippen LogP contribution in [0, 0.1) is 5.92 Å². The van der Waals surface area contributed by atoms with Crippen molar-refractivity contribution in [2.45, 2.75) is 75.4 Å². The third-order valence-corrected chi connectivity index (χ3v) is 6.52. The van der Waals surface area contributed by atoms with Crippen LogP contribution in [0.2, 0.25) is 0 Å². The van der Waals surface area contributed by atoms with Gasteiger partial charge in [0.15, 0.2) is 5.78 Å². The molecule has 0 aromatic heterocycles. The van der Waals surface area contributed by atoms with Crippen LogP contribution in [-0.2, 0) is 9.53 Å². The molecule has 0 unspecified atom stereocenters. The topological polar surface area (TPSA) is 26.3 Å². The molecule has 5 aliphatic rings. The number of Topliss-reactive ketones (excluding diaryl/α,β-unsaturated/α-hetero) is 1. The molecule has 2 fully saturated rings. The van der Waals surface area contributed by atoms with Crippen molar-refractivity contribution < 1.29 is 9.53 Å². The van der Waals surface area contributed by atoms with E-state index in [0.29, 0.717) is 11.7 Å². The fraction of sp³-hybridized carbons (Fsp3) is 0.722. The largest absolute Gasteiger partial charge is 0.355 e. The van der Waals surface area contributed by atoms with Gasteiger partial charge in [-0.1, -0.05) is 11.6 Å². The summed E-state index contributed by atoms with van der Waals surface area (Å²) < 4.78 is 6.84. The van der Waals surface area contributed by atoms with E-state index in [4.69, 9.17) is 4.74 Å². The molecule has 0 aromatic rings. The number of carbonyl (C=O) groups is 1. The Bertz CT molecular complexity index is 570. The van der Waals surface area contributed by atoms with Gasteiger partial charge in [0.05, 0.1) is 5.60 Å². The van der Waals surface area contributed by atoms with Gasteiger partial charge in [-0.05, 0) is 69.3 Å². The first-order valence-corrected chi connectivity index (χ1v) is 8.42. The number of allylic oxidation sites excluding steroid dienone is 1. The summed E-state index contributed by atoms with van der Waals surface area (Å²) in [5, 5.41) is 0. The molecule has 0 saturated heterocycles. The summed E-state index contributed by atoms with van der Waals surface area (Å²) in [6.45, 7) is 0. The van der Waals surface area contributed by atoms with Crippen molar-refractivity contribution in [1.82, 2.24) is 0 Å². The number of ether oxygens (including phenoxy) is 1. The lowest BCUT2D eigenvalue weighted by atomic mass is 9.72.